The summed E-state index contributed by atoms with van der Waals surface area (Å²) in [6.07, 6.45) is 0.788. The number of aromatic nitrogens is 2. The van der Waals surface area contributed by atoms with Crippen LogP contribution in [0.3, 0.4) is 0 Å². The monoisotopic (exact) mass is 399 g/mol. The number of benzene rings is 3. The number of nitrogens with one attached hydrogen (secondary N) is 1. The zero-order chi connectivity index (χ0) is 20.9. The third-order valence-electron chi connectivity index (χ3n) is 4.65. The van der Waals surface area contributed by atoms with Crippen molar-refractivity contribution < 1.29 is 14.6 Å². The van der Waals surface area contributed by atoms with E-state index >= 15 is 0 Å². The maximum atomic E-state index is 12.0. The summed E-state index contributed by atoms with van der Waals surface area (Å²) in [6.45, 7) is 2.37. The fourth-order valence-corrected chi connectivity index (χ4v) is 3.13. The second-order valence-electron chi connectivity index (χ2n) is 6.83. The standard InChI is InChI=1S/C24H21N3O3/c1-2-15-30-24(29)17-9-7-16(8-10-17)22-20-5-3-4-6-21(20)23(27-26-22)25-18-11-13-19(28)14-12-18/h3-14,28H,2,15H2,1H3,(H,25,27). The Morgan fingerprint density at radius 2 is 1.63 bits per heavy atom. The number of rotatable bonds is 6. The maximum absolute atomic E-state index is 12.0. The summed E-state index contributed by atoms with van der Waals surface area (Å²) in [6, 6.07) is 21.8. The van der Waals surface area contributed by atoms with Crippen LogP contribution in [0.4, 0.5) is 11.5 Å². The Balaban J connectivity index is 1.67. The summed E-state index contributed by atoms with van der Waals surface area (Å²) in [4.78, 5) is 12.0. The predicted molar refractivity (Wildman–Crippen MR) is 117 cm³/mol. The van der Waals surface area contributed by atoms with Crippen LogP contribution in [0.2, 0.25) is 0 Å². The fourth-order valence-electron chi connectivity index (χ4n) is 3.13. The van der Waals surface area contributed by atoms with Crippen molar-refractivity contribution in [2.75, 3.05) is 11.9 Å². The summed E-state index contributed by atoms with van der Waals surface area (Å²) in [7, 11) is 0. The van der Waals surface area contributed by atoms with Gasteiger partial charge in [0.2, 0.25) is 0 Å². The average Bonchev–Trinajstić information content (AvgIpc) is 2.79. The van der Waals surface area contributed by atoms with Crippen LogP contribution in [-0.4, -0.2) is 27.9 Å². The second kappa shape index (κ2) is 8.61. The summed E-state index contributed by atoms with van der Waals surface area (Å²) < 4.78 is 5.18. The number of aromatic hydroxyl groups is 1. The normalized spacial score (nSPS) is 10.7. The molecule has 0 saturated carbocycles. The molecule has 150 valence electrons. The molecule has 0 amide bonds. The summed E-state index contributed by atoms with van der Waals surface area (Å²) in [5.74, 6) is 0.501. The first-order valence-corrected chi connectivity index (χ1v) is 9.74. The Morgan fingerprint density at radius 1 is 0.933 bits per heavy atom. The number of nitrogens with zero attached hydrogens (tertiary/aromatic N) is 2. The van der Waals surface area contributed by atoms with E-state index in [1.165, 1.54) is 0 Å². The molecule has 4 rings (SSSR count). The van der Waals surface area contributed by atoms with Crippen LogP contribution >= 0.6 is 0 Å². The van der Waals surface area contributed by atoms with Crippen LogP contribution < -0.4 is 5.32 Å². The molecule has 0 saturated heterocycles. The van der Waals surface area contributed by atoms with E-state index in [-0.39, 0.29) is 11.7 Å². The number of carbonyl (C=O) groups is 1. The second-order valence-corrected chi connectivity index (χ2v) is 6.83. The number of fused-ring (bicyclic) bond motifs is 1. The molecule has 2 N–H and O–H groups in total. The number of esters is 1. The third-order valence-corrected chi connectivity index (χ3v) is 4.65. The van der Waals surface area contributed by atoms with Crippen LogP contribution in [0.5, 0.6) is 5.75 Å². The third kappa shape index (κ3) is 4.07. The summed E-state index contributed by atoms with van der Waals surface area (Å²) >= 11 is 0. The lowest BCUT2D eigenvalue weighted by atomic mass is 10.0. The van der Waals surface area contributed by atoms with Gasteiger partial charge in [0, 0.05) is 22.0 Å². The highest BCUT2D eigenvalue weighted by atomic mass is 16.5. The Hall–Kier alpha value is -3.93. The van der Waals surface area contributed by atoms with Gasteiger partial charge < -0.3 is 15.2 Å². The molecule has 0 radical (unpaired) electrons. The van der Waals surface area contributed by atoms with Crippen molar-refractivity contribution in [1.82, 2.24) is 10.2 Å². The summed E-state index contributed by atoms with van der Waals surface area (Å²) in [5.41, 5.74) is 2.90. The zero-order valence-corrected chi connectivity index (χ0v) is 16.5. The first-order chi connectivity index (χ1) is 14.7. The Labute approximate surface area is 174 Å². The van der Waals surface area contributed by atoms with Gasteiger partial charge in [0.1, 0.15) is 11.4 Å². The van der Waals surface area contributed by atoms with Crippen molar-refractivity contribution in [3.8, 4) is 17.0 Å². The van der Waals surface area contributed by atoms with Crippen molar-refractivity contribution in [3.05, 3.63) is 78.4 Å². The van der Waals surface area contributed by atoms with E-state index in [0.717, 1.165) is 34.1 Å². The van der Waals surface area contributed by atoms with Crippen LogP contribution in [0.25, 0.3) is 22.0 Å². The molecule has 0 spiro atoms. The highest BCUT2D eigenvalue weighted by molar-refractivity contribution is 6.01. The molecule has 0 atom stereocenters. The number of carbonyl (C=O) groups excluding carboxylic acids is 1. The molecule has 30 heavy (non-hydrogen) atoms. The smallest absolute Gasteiger partial charge is 0.338 e. The minimum atomic E-state index is -0.326. The fraction of sp³-hybridized carbons (Fsp3) is 0.125. The number of hydrogen-bond acceptors (Lipinski definition) is 6. The van der Waals surface area contributed by atoms with Gasteiger partial charge in [-0.05, 0) is 42.8 Å². The first kappa shape index (κ1) is 19.4. The molecular weight excluding hydrogens is 378 g/mol. The van der Waals surface area contributed by atoms with Crippen molar-refractivity contribution in [1.29, 1.82) is 0 Å². The lowest BCUT2D eigenvalue weighted by molar-refractivity contribution is 0.0505. The van der Waals surface area contributed by atoms with Gasteiger partial charge >= 0.3 is 5.97 Å². The topological polar surface area (TPSA) is 84.3 Å². The molecule has 6 nitrogen and oxygen atoms in total. The van der Waals surface area contributed by atoms with Gasteiger partial charge in [-0.1, -0.05) is 43.3 Å². The molecule has 1 heterocycles. The van der Waals surface area contributed by atoms with E-state index in [0.29, 0.717) is 18.0 Å². The molecule has 6 heteroatoms. The van der Waals surface area contributed by atoms with Crippen LogP contribution in [0.1, 0.15) is 23.7 Å². The molecule has 4 aromatic rings. The Morgan fingerprint density at radius 3 is 2.33 bits per heavy atom. The van der Waals surface area contributed by atoms with E-state index in [2.05, 4.69) is 15.5 Å². The predicted octanol–water partition coefficient (Wildman–Crippen LogP) is 5.31. The van der Waals surface area contributed by atoms with Gasteiger partial charge in [-0.25, -0.2) is 4.79 Å². The molecule has 3 aromatic carbocycles. The van der Waals surface area contributed by atoms with Gasteiger partial charge in [0.25, 0.3) is 0 Å². The van der Waals surface area contributed by atoms with Crippen LogP contribution in [0.15, 0.2) is 72.8 Å². The number of phenols is 1. The highest BCUT2D eigenvalue weighted by Crippen LogP contribution is 2.31. The first-order valence-electron chi connectivity index (χ1n) is 9.74. The lowest BCUT2D eigenvalue weighted by Gasteiger charge is -2.11. The quantitative estimate of drug-likeness (QED) is 0.337. The molecule has 0 aliphatic carbocycles. The largest absolute Gasteiger partial charge is 0.508 e. The molecule has 0 aliphatic heterocycles. The van der Waals surface area contributed by atoms with Crippen molar-refractivity contribution >= 4 is 28.2 Å². The Bertz CT molecular complexity index is 1170. The molecular formula is C24H21N3O3. The lowest BCUT2D eigenvalue weighted by Crippen LogP contribution is -2.05. The maximum Gasteiger partial charge on any atom is 0.338 e. The van der Waals surface area contributed by atoms with Crippen LogP contribution in [0, 0.1) is 0 Å². The zero-order valence-electron chi connectivity index (χ0n) is 16.5. The van der Waals surface area contributed by atoms with Gasteiger partial charge in [-0.15, -0.1) is 10.2 Å². The van der Waals surface area contributed by atoms with E-state index < -0.39 is 0 Å². The van der Waals surface area contributed by atoms with Gasteiger partial charge in [-0.3, -0.25) is 0 Å². The number of phenolic OH excluding ortho intramolecular Hbond substituents is 1. The van der Waals surface area contributed by atoms with Gasteiger partial charge in [0.05, 0.1) is 12.2 Å². The van der Waals surface area contributed by atoms with Crippen molar-refractivity contribution in [3.63, 3.8) is 0 Å². The van der Waals surface area contributed by atoms with Crippen molar-refractivity contribution in [2.24, 2.45) is 0 Å². The minimum Gasteiger partial charge on any atom is -0.508 e. The number of hydrogen-bond donors (Lipinski definition) is 2. The highest BCUT2D eigenvalue weighted by Gasteiger charge is 2.13. The number of ether oxygens (including phenoxy) is 1. The van der Waals surface area contributed by atoms with E-state index in [1.54, 1.807) is 36.4 Å². The molecule has 0 unspecified atom stereocenters. The minimum absolute atomic E-state index is 0.203. The molecule has 1 aromatic heterocycles. The molecule has 0 fully saturated rings. The van der Waals surface area contributed by atoms with E-state index in [9.17, 15) is 9.90 Å². The van der Waals surface area contributed by atoms with E-state index in [1.807, 2.05) is 43.3 Å². The number of anilines is 2. The van der Waals surface area contributed by atoms with Gasteiger partial charge in [0.15, 0.2) is 5.82 Å². The van der Waals surface area contributed by atoms with Crippen LogP contribution in [-0.2, 0) is 4.74 Å². The SMILES string of the molecule is CCCOC(=O)c1ccc(-c2nnc(Nc3ccc(O)cc3)c3ccccc23)cc1. The Kier molecular flexibility index (Phi) is 5.57. The van der Waals surface area contributed by atoms with E-state index in [4.69, 9.17) is 4.74 Å². The van der Waals surface area contributed by atoms with Gasteiger partial charge in [-0.2, -0.15) is 0 Å². The molecule has 0 bridgehead atoms. The summed E-state index contributed by atoms with van der Waals surface area (Å²) in [5, 5.41) is 23.4. The van der Waals surface area contributed by atoms with Crippen molar-refractivity contribution in [2.45, 2.75) is 13.3 Å². The molecule has 0 aliphatic rings. The average molecular weight is 399 g/mol.